The van der Waals surface area contributed by atoms with Crippen LogP contribution >= 0.6 is 15.9 Å². The quantitative estimate of drug-likeness (QED) is 0.843. The summed E-state index contributed by atoms with van der Waals surface area (Å²) >= 11 is 3.57. The summed E-state index contributed by atoms with van der Waals surface area (Å²) in [6, 6.07) is 7.70. The molecule has 0 bridgehead atoms. The Hall–Kier alpha value is -0.380. The van der Waals surface area contributed by atoms with E-state index >= 15 is 0 Å². The highest BCUT2D eigenvalue weighted by Gasteiger charge is 2.20. The van der Waals surface area contributed by atoms with E-state index in [1.807, 2.05) is 0 Å². The Bertz CT molecular complexity index is 374. The van der Waals surface area contributed by atoms with Gasteiger partial charge in [-0.3, -0.25) is 0 Å². The van der Waals surface area contributed by atoms with E-state index in [1.54, 1.807) is 0 Å². The number of rotatable bonds is 6. The summed E-state index contributed by atoms with van der Waals surface area (Å²) in [5.74, 6) is 0. The molecule has 1 aromatic carbocycles. The molecule has 17 heavy (non-hydrogen) atoms. The second kappa shape index (κ2) is 5.98. The van der Waals surface area contributed by atoms with E-state index in [0.29, 0.717) is 6.04 Å². The molecule has 1 aromatic rings. The Morgan fingerprint density at radius 1 is 1.41 bits per heavy atom. The smallest absolute Gasteiger partial charge is 0.0211 e. The van der Waals surface area contributed by atoms with Gasteiger partial charge in [0.15, 0.2) is 0 Å². The standard InChI is InChI=1S/C14H21BrN2/c1-10(8-17-13-6-7-13)16-9-12-4-3-5-14(15)11(12)2/h3-5,10,13,16-17H,6-9H2,1-2H3. The van der Waals surface area contributed by atoms with E-state index in [-0.39, 0.29) is 0 Å². The number of benzene rings is 1. The Morgan fingerprint density at radius 2 is 2.18 bits per heavy atom. The number of hydrogen-bond acceptors (Lipinski definition) is 2. The van der Waals surface area contributed by atoms with Gasteiger partial charge >= 0.3 is 0 Å². The zero-order chi connectivity index (χ0) is 12.3. The number of hydrogen-bond donors (Lipinski definition) is 2. The Labute approximate surface area is 112 Å². The molecule has 2 nitrogen and oxygen atoms in total. The van der Waals surface area contributed by atoms with Crippen LogP contribution in [0.25, 0.3) is 0 Å². The van der Waals surface area contributed by atoms with Crippen LogP contribution in [0.3, 0.4) is 0 Å². The van der Waals surface area contributed by atoms with Crippen molar-refractivity contribution in [2.45, 2.75) is 45.3 Å². The lowest BCUT2D eigenvalue weighted by Crippen LogP contribution is -2.36. The summed E-state index contributed by atoms with van der Waals surface area (Å²) in [5.41, 5.74) is 2.71. The fourth-order valence-corrected chi connectivity index (χ4v) is 2.24. The minimum atomic E-state index is 0.522. The van der Waals surface area contributed by atoms with Crippen molar-refractivity contribution < 1.29 is 0 Å². The van der Waals surface area contributed by atoms with Crippen LogP contribution in [0.2, 0.25) is 0 Å². The monoisotopic (exact) mass is 296 g/mol. The molecule has 0 spiro atoms. The van der Waals surface area contributed by atoms with Crippen LogP contribution in [0, 0.1) is 6.92 Å². The van der Waals surface area contributed by atoms with Gasteiger partial charge in [0.2, 0.25) is 0 Å². The third kappa shape index (κ3) is 4.09. The van der Waals surface area contributed by atoms with Gasteiger partial charge in [0.05, 0.1) is 0 Å². The molecule has 0 saturated heterocycles. The first-order valence-electron chi connectivity index (χ1n) is 6.37. The molecule has 1 unspecified atom stereocenters. The van der Waals surface area contributed by atoms with Crippen molar-refractivity contribution in [1.82, 2.24) is 10.6 Å². The second-order valence-corrected chi connectivity index (χ2v) is 5.84. The summed E-state index contributed by atoms with van der Waals surface area (Å²) in [4.78, 5) is 0. The Balaban J connectivity index is 1.77. The molecular weight excluding hydrogens is 276 g/mol. The van der Waals surface area contributed by atoms with Crippen molar-refractivity contribution in [1.29, 1.82) is 0 Å². The van der Waals surface area contributed by atoms with Crippen molar-refractivity contribution in [3.8, 4) is 0 Å². The van der Waals surface area contributed by atoms with Crippen molar-refractivity contribution in [3.63, 3.8) is 0 Å². The molecule has 2 rings (SSSR count). The molecule has 3 heteroatoms. The third-order valence-corrected chi connectivity index (χ3v) is 4.17. The van der Waals surface area contributed by atoms with Crippen LogP contribution < -0.4 is 10.6 Å². The molecule has 0 aliphatic heterocycles. The van der Waals surface area contributed by atoms with Crippen LogP contribution in [0.5, 0.6) is 0 Å². The van der Waals surface area contributed by atoms with Gasteiger partial charge in [-0.25, -0.2) is 0 Å². The van der Waals surface area contributed by atoms with Crippen LogP contribution in [0.1, 0.15) is 30.9 Å². The molecule has 1 fully saturated rings. The highest BCUT2D eigenvalue weighted by atomic mass is 79.9. The highest BCUT2D eigenvalue weighted by Crippen LogP contribution is 2.19. The van der Waals surface area contributed by atoms with Gasteiger partial charge in [-0.1, -0.05) is 28.1 Å². The third-order valence-electron chi connectivity index (χ3n) is 3.31. The average molecular weight is 297 g/mol. The lowest BCUT2D eigenvalue weighted by atomic mass is 10.1. The summed E-state index contributed by atoms with van der Waals surface area (Å²) in [6.07, 6.45) is 2.72. The van der Waals surface area contributed by atoms with Gasteiger partial charge in [-0.2, -0.15) is 0 Å². The van der Waals surface area contributed by atoms with Gasteiger partial charge in [-0.15, -0.1) is 0 Å². The zero-order valence-electron chi connectivity index (χ0n) is 10.6. The van der Waals surface area contributed by atoms with Crippen LogP contribution in [0.15, 0.2) is 22.7 Å². The SMILES string of the molecule is Cc1c(Br)cccc1CNC(C)CNC1CC1. The molecule has 0 radical (unpaired) electrons. The van der Waals surface area contributed by atoms with Crippen molar-refractivity contribution >= 4 is 15.9 Å². The molecule has 94 valence electrons. The highest BCUT2D eigenvalue weighted by molar-refractivity contribution is 9.10. The summed E-state index contributed by atoms with van der Waals surface area (Å²) in [7, 11) is 0. The van der Waals surface area contributed by atoms with E-state index in [4.69, 9.17) is 0 Å². The van der Waals surface area contributed by atoms with Crippen LogP contribution in [0.4, 0.5) is 0 Å². The molecule has 1 aliphatic rings. The fraction of sp³-hybridized carbons (Fsp3) is 0.571. The van der Waals surface area contributed by atoms with Gasteiger partial charge < -0.3 is 10.6 Å². The Kier molecular flexibility index (Phi) is 4.60. The normalized spacial score (nSPS) is 17.1. The predicted molar refractivity (Wildman–Crippen MR) is 76.2 cm³/mol. The molecule has 0 amide bonds. The van der Waals surface area contributed by atoms with Gasteiger partial charge in [0, 0.05) is 29.6 Å². The molecule has 1 saturated carbocycles. The Morgan fingerprint density at radius 3 is 2.88 bits per heavy atom. The maximum Gasteiger partial charge on any atom is 0.0211 e. The molecule has 0 heterocycles. The number of halogens is 1. The number of nitrogens with one attached hydrogen (secondary N) is 2. The average Bonchev–Trinajstić information content (AvgIpc) is 3.12. The van der Waals surface area contributed by atoms with Crippen molar-refractivity contribution in [3.05, 3.63) is 33.8 Å². The molecule has 2 N–H and O–H groups in total. The maximum absolute atomic E-state index is 3.57. The maximum atomic E-state index is 3.57. The first kappa shape index (κ1) is 13.1. The van der Waals surface area contributed by atoms with E-state index in [0.717, 1.165) is 19.1 Å². The first-order chi connectivity index (χ1) is 8.16. The topological polar surface area (TPSA) is 24.1 Å². The van der Waals surface area contributed by atoms with Crippen molar-refractivity contribution in [2.75, 3.05) is 6.54 Å². The minimum absolute atomic E-state index is 0.522. The lowest BCUT2D eigenvalue weighted by Gasteiger charge is -2.16. The van der Waals surface area contributed by atoms with Gasteiger partial charge in [0.1, 0.15) is 0 Å². The molecule has 1 atom stereocenters. The van der Waals surface area contributed by atoms with Gasteiger partial charge in [0.25, 0.3) is 0 Å². The van der Waals surface area contributed by atoms with E-state index < -0.39 is 0 Å². The van der Waals surface area contributed by atoms with Crippen LogP contribution in [-0.2, 0) is 6.54 Å². The largest absolute Gasteiger partial charge is 0.312 e. The van der Waals surface area contributed by atoms with Crippen molar-refractivity contribution in [2.24, 2.45) is 0 Å². The first-order valence-corrected chi connectivity index (χ1v) is 7.17. The van der Waals surface area contributed by atoms with E-state index in [2.05, 4.69) is 58.6 Å². The van der Waals surface area contributed by atoms with E-state index in [1.165, 1.54) is 28.4 Å². The van der Waals surface area contributed by atoms with Gasteiger partial charge in [-0.05, 0) is 43.9 Å². The summed E-state index contributed by atoms with van der Waals surface area (Å²) in [6.45, 7) is 6.41. The predicted octanol–water partition coefficient (Wildman–Crippen LogP) is 2.99. The minimum Gasteiger partial charge on any atom is -0.312 e. The fourth-order valence-electron chi connectivity index (χ4n) is 1.83. The second-order valence-electron chi connectivity index (χ2n) is 4.99. The summed E-state index contributed by atoms with van der Waals surface area (Å²) in [5, 5.41) is 7.11. The molecule has 0 aromatic heterocycles. The van der Waals surface area contributed by atoms with E-state index in [9.17, 15) is 0 Å². The van der Waals surface area contributed by atoms with Crippen LogP contribution in [-0.4, -0.2) is 18.6 Å². The molecule has 1 aliphatic carbocycles. The summed E-state index contributed by atoms with van der Waals surface area (Å²) < 4.78 is 1.19. The zero-order valence-corrected chi connectivity index (χ0v) is 12.2. The molecular formula is C14H21BrN2. The lowest BCUT2D eigenvalue weighted by molar-refractivity contribution is 0.499.